The summed E-state index contributed by atoms with van der Waals surface area (Å²) in [5.74, 6) is 0. The van der Waals surface area contributed by atoms with Crippen molar-refractivity contribution in [1.29, 1.82) is 5.26 Å². The second kappa shape index (κ2) is 15.0. The molecule has 2 N–H and O–H groups in total. The standard InChI is InChI=1S/C8H12N2.C8H8N2.CH3B.ClH/c2*1-7-2-3-8(4-5-9)10-6-7;1-2;/h2-3,6H,4-5,9H2,1H3;2-3,6H,4H2,1H3;1H3;1H. The van der Waals surface area contributed by atoms with Crippen molar-refractivity contribution in [2.75, 3.05) is 6.54 Å². The number of nitrogens with zero attached hydrogens (tertiary/aromatic N) is 3. The summed E-state index contributed by atoms with van der Waals surface area (Å²) >= 11 is 0. The van der Waals surface area contributed by atoms with E-state index in [4.69, 9.17) is 11.0 Å². The van der Waals surface area contributed by atoms with Gasteiger partial charge in [-0.25, -0.2) is 0 Å². The highest BCUT2D eigenvalue weighted by Gasteiger charge is 1.90. The number of pyridine rings is 2. The fraction of sp³-hybridized carbons (Fsp3) is 0.353. The molecule has 0 aliphatic carbocycles. The van der Waals surface area contributed by atoms with Crippen LogP contribution in [-0.4, -0.2) is 24.4 Å². The molecule has 2 aromatic heterocycles. The average Bonchev–Trinajstić information content (AvgIpc) is 2.55. The van der Waals surface area contributed by atoms with Gasteiger partial charge < -0.3 is 5.73 Å². The van der Waals surface area contributed by atoms with Crippen LogP contribution in [0.4, 0.5) is 0 Å². The van der Waals surface area contributed by atoms with E-state index in [1.165, 1.54) is 12.4 Å². The second-order valence-electron chi connectivity index (χ2n) is 4.53. The summed E-state index contributed by atoms with van der Waals surface area (Å²) in [5, 5.41) is 8.30. The molecule has 0 saturated carbocycles. The van der Waals surface area contributed by atoms with Crippen molar-refractivity contribution in [1.82, 2.24) is 9.97 Å². The van der Waals surface area contributed by atoms with Gasteiger partial charge in [0.25, 0.3) is 0 Å². The van der Waals surface area contributed by atoms with Gasteiger partial charge in [-0.2, -0.15) is 5.26 Å². The maximum Gasteiger partial charge on any atom is 0.0774 e. The van der Waals surface area contributed by atoms with Crippen molar-refractivity contribution in [3.8, 4) is 6.07 Å². The van der Waals surface area contributed by atoms with Crippen LogP contribution in [0.25, 0.3) is 0 Å². The minimum absolute atomic E-state index is 0. The Bertz CT molecular complexity index is 550. The Morgan fingerprint density at radius 1 is 1.00 bits per heavy atom. The lowest BCUT2D eigenvalue weighted by Crippen LogP contribution is -2.03. The van der Waals surface area contributed by atoms with Crippen LogP contribution in [0.5, 0.6) is 0 Å². The third-order valence-electron chi connectivity index (χ3n) is 2.61. The van der Waals surface area contributed by atoms with Crippen LogP contribution >= 0.6 is 12.4 Å². The first-order valence-electron chi connectivity index (χ1n) is 7.13. The second-order valence-corrected chi connectivity index (χ2v) is 4.53. The molecule has 2 aromatic rings. The highest BCUT2D eigenvalue weighted by atomic mass is 35.5. The van der Waals surface area contributed by atoms with E-state index in [0.717, 1.165) is 23.4 Å². The first kappa shape index (κ1) is 23.4. The molecule has 0 aliphatic heterocycles. The highest BCUT2D eigenvalue weighted by Crippen LogP contribution is 1.98. The first-order chi connectivity index (χ1) is 10.7. The third-order valence-corrected chi connectivity index (χ3v) is 2.61. The molecule has 2 rings (SSSR count). The third kappa shape index (κ3) is 11.3. The van der Waals surface area contributed by atoms with Gasteiger partial charge in [-0.1, -0.05) is 19.0 Å². The van der Waals surface area contributed by atoms with Crippen molar-refractivity contribution < 1.29 is 0 Å². The van der Waals surface area contributed by atoms with Crippen LogP contribution in [-0.2, 0) is 12.8 Å². The van der Waals surface area contributed by atoms with E-state index in [-0.39, 0.29) is 12.4 Å². The minimum Gasteiger partial charge on any atom is -0.330 e. The molecule has 0 spiro atoms. The Morgan fingerprint density at radius 3 is 1.83 bits per heavy atom. The summed E-state index contributed by atoms with van der Waals surface area (Å²) in [6.45, 7) is 6.18. The van der Waals surface area contributed by atoms with Crippen molar-refractivity contribution in [2.45, 2.75) is 33.5 Å². The van der Waals surface area contributed by atoms with Crippen LogP contribution in [0.3, 0.4) is 0 Å². The molecule has 4 nitrogen and oxygen atoms in total. The molecular weight excluding hydrogens is 306 g/mol. The fourth-order valence-electron chi connectivity index (χ4n) is 1.48. The lowest BCUT2D eigenvalue weighted by Gasteiger charge is -1.96. The number of hydrogen-bond acceptors (Lipinski definition) is 4. The van der Waals surface area contributed by atoms with Crippen molar-refractivity contribution in [3.63, 3.8) is 0 Å². The molecule has 0 unspecified atom stereocenters. The van der Waals surface area contributed by atoms with Gasteiger partial charge in [-0.3, -0.25) is 9.97 Å². The van der Waals surface area contributed by atoms with E-state index < -0.39 is 0 Å². The highest BCUT2D eigenvalue weighted by molar-refractivity contribution is 6.05. The summed E-state index contributed by atoms with van der Waals surface area (Å²) in [6, 6.07) is 9.94. The molecule has 0 fully saturated rings. The number of aryl methyl sites for hydroxylation is 2. The van der Waals surface area contributed by atoms with Crippen LogP contribution < -0.4 is 5.73 Å². The summed E-state index contributed by atoms with van der Waals surface area (Å²) in [7, 11) is 4.50. The van der Waals surface area contributed by atoms with Gasteiger partial charge in [0.1, 0.15) is 0 Å². The zero-order chi connectivity index (χ0) is 16.8. The predicted octanol–water partition coefficient (Wildman–Crippen LogP) is 2.97. The molecule has 23 heavy (non-hydrogen) atoms. The molecule has 0 atom stereocenters. The zero-order valence-electron chi connectivity index (χ0n) is 14.0. The van der Waals surface area contributed by atoms with E-state index in [0.29, 0.717) is 13.0 Å². The van der Waals surface area contributed by atoms with E-state index in [1.807, 2.05) is 44.3 Å². The van der Waals surface area contributed by atoms with Gasteiger partial charge in [0, 0.05) is 24.5 Å². The first-order valence-corrected chi connectivity index (χ1v) is 7.13. The predicted molar refractivity (Wildman–Crippen MR) is 98.9 cm³/mol. The maximum atomic E-state index is 8.30. The quantitative estimate of drug-likeness (QED) is 0.878. The number of halogens is 1. The molecule has 6 heteroatoms. The average molecular weight is 331 g/mol. The Balaban J connectivity index is 0. The van der Waals surface area contributed by atoms with Crippen molar-refractivity contribution >= 4 is 20.3 Å². The van der Waals surface area contributed by atoms with Gasteiger partial charge >= 0.3 is 0 Å². The molecule has 0 saturated heterocycles. The minimum atomic E-state index is 0. The number of rotatable bonds is 3. The SMILES string of the molecule is Cc1ccc(CC#N)nc1.Cc1ccc(CCN)nc1.Cl.[B]C. The molecule has 0 bridgehead atoms. The van der Waals surface area contributed by atoms with E-state index >= 15 is 0 Å². The Kier molecular flexibility index (Phi) is 15.3. The fourth-order valence-corrected chi connectivity index (χ4v) is 1.48. The van der Waals surface area contributed by atoms with E-state index in [9.17, 15) is 0 Å². The monoisotopic (exact) mass is 330 g/mol. The molecule has 2 radical (unpaired) electrons. The molecule has 0 aromatic carbocycles. The molecule has 122 valence electrons. The normalized spacial score (nSPS) is 8.30. The van der Waals surface area contributed by atoms with Gasteiger partial charge in [0.05, 0.1) is 26.0 Å². The Labute approximate surface area is 147 Å². The topological polar surface area (TPSA) is 75.6 Å². The lowest BCUT2D eigenvalue weighted by molar-refractivity contribution is 0.920. The van der Waals surface area contributed by atoms with Gasteiger partial charge in [0.15, 0.2) is 0 Å². The summed E-state index contributed by atoms with van der Waals surface area (Å²) in [5.41, 5.74) is 9.60. The van der Waals surface area contributed by atoms with E-state index in [1.54, 1.807) is 6.20 Å². The summed E-state index contributed by atoms with van der Waals surface area (Å²) in [4.78, 5) is 8.23. The largest absolute Gasteiger partial charge is 0.330 e. The molecule has 2 heterocycles. The maximum absolute atomic E-state index is 8.30. The van der Waals surface area contributed by atoms with E-state index in [2.05, 4.69) is 23.9 Å². The number of hydrogen-bond donors (Lipinski definition) is 1. The van der Waals surface area contributed by atoms with Crippen molar-refractivity contribution in [3.05, 3.63) is 59.2 Å². The van der Waals surface area contributed by atoms with Gasteiger partial charge in [-0.15, -0.1) is 12.4 Å². The van der Waals surface area contributed by atoms with Gasteiger partial charge in [0.2, 0.25) is 0 Å². The van der Waals surface area contributed by atoms with Crippen LogP contribution in [0.2, 0.25) is 6.82 Å². The number of nitrogens with two attached hydrogens (primary N) is 1. The van der Waals surface area contributed by atoms with Crippen molar-refractivity contribution in [2.24, 2.45) is 5.73 Å². The van der Waals surface area contributed by atoms with Crippen LogP contribution in [0, 0.1) is 25.2 Å². The van der Waals surface area contributed by atoms with Crippen LogP contribution in [0.1, 0.15) is 22.5 Å². The summed E-state index contributed by atoms with van der Waals surface area (Å²) < 4.78 is 0. The molecule has 0 amide bonds. The number of aromatic nitrogens is 2. The Hall–Kier alpha value is -1.90. The van der Waals surface area contributed by atoms with Gasteiger partial charge in [-0.05, 0) is 43.7 Å². The molecule has 0 aliphatic rings. The summed E-state index contributed by atoms with van der Waals surface area (Å²) in [6.07, 6.45) is 4.91. The molecular formula is C17H24BClN4. The lowest BCUT2D eigenvalue weighted by atomic mass is 10.2. The Morgan fingerprint density at radius 2 is 1.48 bits per heavy atom. The van der Waals surface area contributed by atoms with Crippen LogP contribution in [0.15, 0.2) is 36.7 Å². The zero-order valence-corrected chi connectivity index (χ0v) is 14.8. The smallest absolute Gasteiger partial charge is 0.0774 e. The number of nitriles is 1.